The van der Waals surface area contributed by atoms with E-state index in [1.807, 2.05) is 0 Å². The van der Waals surface area contributed by atoms with E-state index < -0.39 is 16.4 Å². The van der Waals surface area contributed by atoms with Gasteiger partial charge < -0.3 is 9.52 Å². The summed E-state index contributed by atoms with van der Waals surface area (Å²) in [5, 5.41) is 22.9. The molecule has 1 aliphatic carbocycles. The first kappa shape index (κ1) is 16.5. The van der Waals surface area contributed by atoms with Gasteiger partial charge >= 0.3 is 5.69 Å². The van der Waals surface area contributed by atoms with E-state index in [-0.39, 0.29) is 5.56 Å². The maximum atomic E-state index is 11.3. The summed E-state index contributed by atoms with van der Waals surface area (Å²) in [6.45, 7) is 0. The first-order chi connectivity index (χ1) is 12.5. The Balaban J connectivity index is 1.92. The van der Waals surface area contributed by atoms with Crippen LogP contribution in [0.25, 0.3) is 11.0 Å². The number of nitro groups is 1. The van der Waals surface area contributed by atoms with E-state index in [9.17, 15) is 15.2 Å². The van der Waals surface area contributed by atoms with E-state index >= 15 is 0 Å². The lowest BCUT2D eigenvalue weighted by molar-refractivity contribution is -0.385. The van der Waals surface area contributed by atoms with Gasteiger partial charge in [-0.2, -0.15) is 0 Å². The molecule has 2 aromatic heterocycles. The van der Waals surface area contributed by atoms with Gasteiger partial charge in [0.05, 0.1) is 21.6 Å². The normalized spacial score (nSPS) is 14.0. The standard InChI is InChI=1S/C18H14ClN3O4/c19-10-5-6-16(20-8-10)21-9-12-17-11-3-1-2-4-14(11)26-15(17)7-13(18(12)23)22(24)25/h5-9,23H,1-4H2. The van der Waals surface area contributed by atoms with Crippen molar-refractivity contribution in [1.29, 1.82) is 0 Å². The smallest absolute Gasteiger partial charge is 0.315 e. The predicted molar refractivity (Wildman–Crippen MR) is 97.7 cm³/mol. The van der Waals surface area contributed by atoms with E-state index in [2.05, 4.69) is 9.98 Å². The first-order valence-electron chi connectivity index (χ1n) is 8.15. The van der Waals surface area contributed by atoms with E-state index in [1.165, 1.54) is 18.5 Å². The summed E-state index contributed by atoms with van der Waals surface area (Å²) in [4.78, 5) is 19.0. The SMILES string of the molecule is O=[N+]([O-])c1cc2oc3c(c2c(C=Nc2ccc(Cl)cn2)c1O)CCCC3. The number of nitrogens with zero attached hydrogens (tertiary/aromatic N) is 3. The molecule has 0 radical (unpaired) electrons. The van der Waals surface area contributed by atoms with Crippen molar-refractivity contribution >= 4 is 40.3 Å². The fourth-order valence-electron chi connectivity index (χ4n) is 3.27. The summed E-state index contributed by atoms with van der Waals surface area (Å²) in [7, 11) is 0. The van der Waals surface area contributed by atoms with Crippen LogP contribution in [0.3, 0.4) is 0 Å². The summed E-state index contributed by atoms with van der Waals surface area (Å²) in [6, 6.07) is 4.54. The Bertz CT molecular complexity index is 1040. The molecule has 0 bridgehead atoms. The summed E-state index contributed by atoms with van der Waals surface area (Å²) in [6.07, 6.45) is 6.46. The number of fused-ring (bicyclic) bond motifs is 3. The van der Waals surface area contributed by atoms with Crippen molar-refractivity contribution in [3.8, 4) is 5.75 Å². The molecule has 7 nitrogen and oxygen atoms in total. The number of benzene rings is 1. The van der Waals surface area contributed by atoms with Crippen LogP contribution in [0.2, 0.25) is 5.02 Å². The van der Waals surface area contributed by atoms with Crippen molar-refractivity contribution in [3.63, 3.8) is 0 Å². The van der Waals surface area contributed by atoms with Gasteiger partial charge in [-0.3, -0.25) is 10.1 Å². The van der Waals surface area contributed by atoms with Gasteiger partial charge in [0.15, 0.2) is 5.82 Å². The van der Waals surface area contributed by atoms with Crippen LogP contribution in [0.15, 0.2) is 33.8 Å². The molecule has 132 valence electrons. The van der Waals surface area contributed by atoms with Gasteiger partial charge in [0.25, 0.3) is 0 Å². The fourth-order valence-corrected chi connectivity index (χ4v) is 3.38. The number of furan rings is 1. The van der Waals surface area contributed by atoms with Crippen LogP contribution < -0.4 is 0 Å². The molecule has 0 spiro atoms. The largest absolute Gasteiger partial charge is 0.502 e. The van der Waals surface area contributed by atoms with Crippen LogP contribution in [-0.4, -0.2) is 21.2 Å². The van der Waals surface area contributed by atoms with Gasteiger partial charge in [0.1, 0.15) is 11.3 Å². The lowest BCUT2D eigenvalue weighted by Gasteiger charge is -2.10. The van der Waals surface area contributed by atoms with Crippen molar-refractivity contribution in [2.24, 2.45) is 4.99 Å². The zero-order chi connectivity index (χ0) is 18.3. The molecule has 0 unspecified atom stereocenters. The summed E-state index contributed by atoms with van der Waals surface area (Å²) in [5.41, 5.74) is 1.25. The lowest BCUT2D eigenvalue weighted by atomic mass is 9.93. The van der Waals surface area contributed by atoms with Crippen molar-refractivity contribution in [2.45, 2.75) is 25.7 Å². The number of phenols is 1. The first-order valence-corrected chi connectivity index (χ1v) is 8.52. The highest BCUT2D eigenvalue weighted by molar-refractivity contribution is 6.30. The Morgan fingerprint density at radius 1 is 1.35 bits per heavy atom. The Hall–Kier alpha value is -2.93. The van der Waals surface area contributed by atoms with Gasteiger partial charge in [-0.25, -0.2) is 9.98 Å². The summed E-state index contributed by atoms with van der Waals surface area (Å²) >= 11 is 5.81. The number of aryl methyl sites for hydroxylation is 2. The predicted octanol–water partition coefficient (Wildman–Crippen LogP) is 4.72. The molecule has 1 N–H and O–H groups in total. The molecule has 0 atom stereocenters. The molecule has 3 aromatic rings. The van der Waals surface area contributed by atoms with Crippen LogP contribution in [0.1, 0.15) is 29.7 Å². The number of aromatic hydroxyl groups is 1. The molecule has 0 fully saturated rings. The molecule has 1 aromatic carbocycles. The maximum Gasteiger partial charge on any atom is 0.315 e. The minimum atomic E-state index is -0.631. The number of phenolic OH excluding ortho intramolecular Hbond substituents is 1. The lowest BCUT2D eigenvalue weighted by Crippen LogP contribution is -2.00. The topological polar surface area (TPSA) is 102 Å². The number of hydrogen-bond acceptors (Lipinski definition) is 6. The maximum absolute atomic E-state index is 11.3. The van der Waals surface area contributed by atoms with Crippen LogP contribution in [-0.2, 0) is 12.8 Å². The molecule has 26 heavy (non-hydrogen) atoms. The van der Waals surface area contributed by atoms with Crippen LogP contribution in [0.5, 0.6) is 5.75 Å². The third-order valence-electron chi connectivity index (χ3n) is 4.47. The Kier molecular flexibility index (Phi) is 4.08. The van der Waals surface area contributed by atoms with Crippen LogP contribution in [0, 0.1) is 10.1 Å². The average Bonchev–Trinajstić information content (AvgIpc) is 3.00. The molecule has 2 heterocycles. The molecule has 0 saturated heterocycles. The van der Waals surface area contributed by atoms with E-state index in [4.69, 9.17) is 16.0 Å². The number of aromatic nitrogens is 1. The number of halogens is 1. The number of nitro benzene ring substituents is 1. The molecule has 0 saturated carbocycles. The van der Waals surface area contributed by atoms with Gasteiger partial charge in [-0.05, 0) is 31.4 Å². The monoisotopic (exact) mass is 371 g/mol. The number of pyridine rings is 1. The van der Waals surface area contributed by atoms with Gasteiger partial charge in [-0.15, -0.1) is 0 Å². The number of hydrogen-bond donors (Lipinski definition) is 1. The van der Waals surface area contributed by atoms with Gasteiger partial charge in [0, 0.05) is 29.8 Å². The van der Waals surface area contributed by atoms with Crippen molar-refractivity contribution in [2.75, 3.05) is 0 Å². The van der Waals surface area contributed by atoms with Crippen molar-refractivity contribution in [3.05, 3.63) is 56.4 Å². The van der Waals surface area contributed by atoms with E-state index in [0.717, 1.165) is 37.0 Å². The molecule has 0 aliphatic heterocycles. The van der Waals surface area contributed by atoms with E-state index in [0.29, 0.717) is 21.8 Å². The minimum absolute atomic E-state index is 0.276. The zero-order valence-corrected chi connectivity index (χ0v) is 14.4. The number of aliphatic imine (C=N–C) groups is 1. The van der Waals surface area contributed by atoms with Crippen molar-refractivity contribution in [1.82, 2.24) is 4.98 Å². The summed E-state index contributed by atoms with van der Waals surface area (Å²) < 4.78 is 5.83. The second-order valence-corrected chi connectivity index (χ2v) is 6.53. The quantitative estimate of drug-likeness (QED) is 0.407. The Morgan fingerprint density at radius 2 is 2.15 bits per heavy atom. The van der Waals surface area contributed by atoms with Gasteiger partial charge in [-0.1, -0.05) is 11.6 Å². The molecular formula is C18H14ClN3O4. The fraction of sp³-hybridized carbons (Fsp3) is 0.222. The highest BCUT2D eigenvalue weighted by atomic mass is 35.5. The van der Waals surface area contributed by atoms with Crippen LogP contribution >= 0.6 is 11.6 Å². The molecule has 8 heteroatoms. The molecule has 1 aliphatic rings. The minimum Gasteiger partial charge on any atom is -0.502 e. The van der Waals surface area contributed by atoms with E-state index in [1.54, 1.807) is 12.1 Å². The summed E-state index contributed by atoms with van der Waals surface area (Å²) in [5.74, 6) is 0.783. The molecule has 4 rings (SSSR count). The Morgan fingerprint density at radius 3 is 2.88 bits per heavy atom. The highest BCUT2D eigenvalue weighted by Crippen LogP contribution is 2.41. The van der Waals surface area contributed by atoms with Gasteiger partial charge in [0.2, 0.25) is 5.75 Å². The average molecular weight is 372 g/mol. The highest BCUT2D eigenvalue weighted by Gasteiger charge is 2.27. The Labute approximate surface area is 153 Å². The molecule has 0 amide bonds. The zero-order valence-electron chi connectivity index (χ0n) is 13.6. The molecular weight excluding hydrogens is 358 g/mol. The third kappa shape index (κ3) is 2.80. The second-order valence-electron chi connectivity index (χ2n) is 6.09. The third-order valence-corrected chi connectivity index (χ3v) is 4.69. The second kappa shape index (κ2) is 6.42. The van der Waals surface area contributed by atoms with Crippen LogP contribution in [0.4, 0.5) is 11.5 Å². The number of rotatable bonds is 3. The van der Waals surface area contributed by atoms with Crippen molar-refractivity contribution < 1.29 is 14.4 Å².